The standard InChI is InChI=1S/C42H30N2.C12H10/c1-3-19-33(20-4-1)43(39-27-11-17-31-15-7-9-23-35(31)39)41-29-13-26-38-37(41)25-14-30-42(38)44(34-21-5-2-6-22-34)40-28-12-18-32-16-8-10-24-36(32)40;1-3-7-11(8-4-1)12-9-5-2-6-10-12/h1-30H;1-10H. The predicted octanol–water partition coefficient (Wildman–Crippen LogP) is 15.4. The minimum atomic E-state index is 1.12. The lowest BCUT2D eigenvalue weighted by atomic mass is 10.0. The molecular weight excluding hydrogens is 677 g/mol. The predicted molar refractivity (Wildman–Crippen MR) is 240 cm³/mol. The molecule has 0 unspecified atom stereocenters. The van der Waals surface area contributed by atoms with Gasteiger partial charge >= 0.3 is 0 Å². The molecule has 0 saturated heterocycles. The maximum atomic E-state index is 2.40. The molecule has 10 rings (SSSR count). The zero-order valence-electron chi connectivity index (χ0n) is 31.0. The number of rotatable bonds is 7. The first-order valence-corrected chi connectivity index (χ1v) is 19.1. The van der Waals surface area contributed by atoms with Crippen LogP contribution in [0.15, 0.2) is 243 Å². The lowest BCUT2D eigenvalue weighted by molar-refractivity contribution is 1.30. The number of fused-ring (bicyclic) bond motifs is 3. The van der Waals surface area contributed by atoms with E-state index in [1.807, 2.05) is 12.1 Å². The summed E-state index contributed by atoms with van der Waals surface area (Å²) in [5, 5.41) is 7.24. The van der Waals surface area contributed by atoms with Gasteiger partial charge in [-0.1, -0.05) is 194 Å². The van der Waals surface area contributed by atoms with Crippen LogP contribution >= 0.6 is 0 Å². The van der Waals surface area contributed by atoms with E-state index in [0.717, 1.165) is 34.1 Å². The van der Waals surface area contributed by atoms with Crippen LogP contribution in [0.4, 0.5) is 34.1 Å². The van der Waals surface area contributed by atoms with E-state index in [1.165, 1.54) is 43.4 Å². The lowest BCUT2D eigenvalue weighted by Gasteiger charge is -2.30. The van der Waals surface area contributed by atoms with E-state index in [0.29, 0.717) is 0 Å². The van der Waals surface area contributed by atoms with E-state index in [2.05, 4.69) is 240 Å². The Morgan fingerprint density at radius 1 is 0.196 bits per heavy atom. The van der Waals surface area contributed by atoms with E-state index < -0.39 is 0 Å². The molecule has 0 atom stereocenters. The second kappa shape index (κ2) is 15.9. The number of anilines is 6. The Morgan fingerprint density at radius 3 is 0.857 bits per heavy atom. The summed E-state index contributed by atoms with van der Waals surface area (Å²) in [6.07, 6.45) is 0. The first-order chi connectivity index (χ1) is 27.8. The quantitative estimate of drug-likeness (QED) is 0.162. The van der Waals surface area contributed by atoms with Gasteiger partial charge in [-0.2, -0.15) is 0 Å². The van der Waals surface area contributed by atoms with Crippen LogP contribution in [-0.4, -0.2) is 0 Å². The van der Waals surface area contributed by atoms with Crippen LogP contribution in [0.25, 0.3) is 43.4 Å². The number of para-hydroxylation sites is 2. The van der Waals surface area contributed by atoms with Crippen molar-refractivity contribution in [3.8, 4) is 11.1 Å². The highest BCUT2D eigenvalue weighted by Crippen LogP contribution is 2.46. The Hall–Kier alpha value is -7.42. The van der Waals surface area contributed by atoms with Crippen LogP contribution in [0.2, 0.25) is 0 Å². The molecule has 0 heterocycles. The summed E-state index contributed by atoms with van der Waals surface area (Å²) in [5.41, 5.74) is 9.38. The van der Waals surface area contributed by atoms with Gasteiger partial charge in [0.15, 0.2) is 0 Å². The fourth-order valence-corrected chi connectivity index (χ4v) is 7.70. The Labute approximate surface area is 328 Å². The van der Waals surface area contributed by atoms with Gasteiger partial charge in [0.2, 0.25) is 0 Å². The Kier molecular flexibility index (Phi) is 9.75. The number of benzene rings is 10. The van der Waals surface area contributed by atoms with Gasteiger partial charge < -0.3 is 9.80 Å². The molecule has 266 valence electrons. The molecule has 0 radical (unpaired) electrons. The molecule has 0 aliphatic rings. The van der Waals surface area contributed by atoms with Gasteiger partial charge in [0.1, 0.15) is 0 Å². The zero-order valence-corrected chi connectivity index (χ0v) is 31.0. The van der Waals surface area contributed by atoms with Crippen LogP contribution < -0.4 is 9.80 Å². The first-order valence-electron chi connectivity index (χ1n) is 19.1. The average Bonchev–Trinajstić information content (AvgIpc) is 3.28. The maximum absolute atomic E-state index is 2.40. The Balaban J connectivity index is 0.000000291. The summed E-state index contributed by atoms with van der Waals surface area (Å²) in [4.78, 5) is 4.80. The summed E-state index contributed by atoms with van der Waals surface area (Å²) in [5.74, 6) is 0. The van der Waals surface area contributed by atoms with E-state index in [9.17, 15) is 0 Å². The molecule has 0 aromatic heterocycles. The monoisotopic (exact) mass is 716 g/mol. The van der Waals surface area contributed by atoms with Gasteiger partial charge in [0, 0.05) is 32.9 Å². The third-order valence-electron chi connectivity index (χ3n) is 10.3. The number of nitrogens with zero attached hydrogens (tertiary/aromatic N) is 2. The number of hydrogen-bond donors (Lipinski definition) is 0. The summed E-state index contributed by atoms with van der Waals surface area (Å²) in [6.45, 7) is 0. The molecule has 2 heteroatoms. The topological polar surface area (TPSA) is 6.48 Å². The van der Waals surface area contributed by atoms with Crippen molar-refractivity contribution in [3.63, 3.8) is 0 Å². The number of hydrogen-bond acceptors (Lipinski definition) is 2. The van der Waals surface area contributed by atoms with Crippen LogP contribution in [0.1, 0.15) is 0 Å². The Bertz CT molecular complexity index is 2640. The minimum Gasteiger partial charge on any atom is -0.309 e. The second-order valence-corrected chi connectivity index (χ2v) is 13.7. The molecular formula is C54H40N2. The molecule has 0 aliphatic heterocycles. The van der Waals surface area contributed by atoms with Crippen molar-refractivity contribution in [3.05, 3.63) is 243 Å². The molecule has 0 aliphatic carbocycles. The van der Waals surface area contributed by atoms with E-state index in [1.54, 1.807) is 0 Å². The summed E-state index contributed by atoms with van der Waals surface area (Å²) < 4.78 is 0. The van der Waals surface area contributed by atoms with Gasteiger partial charge in [-0.25, -0.2) is 0 Å². The molecule has 0 fully saturated rings. The van der Waals surface area contributed by atoms with Crippen LogP contribution in [0.3, 0.4) is 0 Å². The lowest BCUT2D eigenvalue weighted by Crippen LogP contribution is -2.13. The molecule has 0 bridgehead atoms. The highest BCUT2D eigenvalue weighted by molar-refractivity contribution is 6.10. The van der Waals surface area contributed by atoms with Crippen molar-refractivity contribution in [1.82, 2.24) is 0 Å². The molecule has 10 aromatic rings. The van der Waals surface area contributed by atoms with E-state index in [-0.39, 0.29) is 0 Å². The van der Waals surface area contributed by atoms with Crippen LogP contribution in [0, 0.1) is 0 Å². The van der Waals surface area contributed by atoms with Crippen molar-refractivity contribution < 1.29 is 0 Å². The van der Waals surface area contributed by atoms with Crippen LogP contribution in [0.5, 0.6) is 0 Å². The first kappa shape index (κ1) is 34.4. The largest absolute Gasteiger partial charge is 0.309 e. The third kappa shape index (κ3) is 6.88. The van der Waals surface area contributed by atoms with Gasteiger partial charge in [0.25, 0.3) is 0 Å². The maximum Gasteiger partial charge on any atom is 0.0541 e. The molecule has 56 heavy (non-hydrogen) atoms. The van der Waals surface area contributed by atoms with Crippen molar-refractivity contribution in [2.24, 2.45) is 0 Å². The van der Waals surface area contributed by atoms with E-state index >= 15 is 0 Å². The van der Waals surface area contributed by atoms with Gasteiger partial charge in [-0.3, -0.25) is 0 Å². The van der Waals surface area contributed by atoms with Gasteiger partial charge in [0.05, 0.1) is 22.7 Å². The normalized spacial score (nSPS) is 10.9. The van der Waals surface area contributed by atoms with Gasteiger partial charge in [-0.05, 0) is 70.4 Å². The summed E-state index contributed by atoms with van der Waals surface area (Å²) in [6, 6.07) is 85.9. The van der Waals surface area contributed by atoms with Crippen LogP contribution in [-0.2, 0) is 0 Å². The molecule has 0 N–H and O–H groups in total. The molecule has 0 spiro atoms. The van der Waals surface area contributed by atoms with Crippen molar-refractivity contribution >= 4 is 66.4 Å². The molecule has 0 amide bonds. The summed E-state index contributed by atoms with van der Waals surface area (Å²) >= 11 is 0. The molecule has 0 saturated carbocycles. The zero-order chi connectivity index (χ0) is 37.5. The highest BCUT2D eigenvalue weighted by Gasteiger charge is 2.21. The molecule has 10 aromatic carbocycles. The second-order valence-electron chi connectivity index (χ2n) is 13.7. The Morgan fingerprint density at radius 2 is 0.464 bits per heavy atom. The van der Waals surface area contributed by atoms with Crippen molar-refractivity contribution in [2.45, 2.75) is 0 Å². The fraction of sp³-hybridized carbons (Fsp3) is 0. The third-order valence-corrected chi connectivity index (χ3v) is 10.3. The highest BCUT2D eigenvalue weighted by atomic mass is 15.2. The van der Waals surface area contributed by atoms with Crippen molar-refractivity contribution in [2.75, 3.05) is 9.80 Å². The van der Waals surface area contributed by atoms with Gasteiger partial charge in [-0.15, -0.1) is 0 Å². The smallest absolute Gasteiger partial charge is 0.0541 e. The summed E-state index contributed by atoms with van der Waals surface area (Å²) in [7, 11) is 0. The average molecular weight is 717 g/mol. The fourth-order valence-electron chi connectivity index (χ4n) is 7.70. The van der Waals surface area contributed by atoms with Crippen molar-refractivity contribution in [1.29, 1.82) is 0 Å². The minimum absolute atomic E-state index is 1.12. The SMILES string of the molecule is c1ccc(-c2ccccc2)cc1.c1ccc(N(c2cccc3ccccc23)c2cccc3c(N(c4ccccc4)c4cccc5ccccc45)cccc23)cc1. The van der Waals surface area contributed by atoms with E-state index in [4.69, 9.17) is 0 Å². The molecule has 2 nitrogen and oxygen atoms in total.